The number of anilines is 2. The van der Waals surface area contributed by atoms with Crippen LogP contribution in [0.15, 0.2) is 61.1 Å². The number of rotatable bonds is 6. The second-order valence-electron chi connectivity index (χ2n) is 11.3. The number of aryl methyl sites for hydroxylation is 1. The summed E-state index contributed by atoms with van der Waals surface area (Å²) in [5.74, 6) is -0.119. The van der Waals surface area contributed by atoms with E-state index in [9.17, 15) is 14.9 Å². The molecule has 5 rings (SSSR count). The predicted molar refractivity (Wildman–Crippen MR) is 152 cm³/mol. The fraction of sp³-hybridized carbons (Fsp3) is 0.387. The van der Waals surface area contributed by atoms with E-state index in [4.69, 9.17) is 4.74 Å². The van der Waals surface area contributed by atoms with E-state index in [1.165, 1.54) is 9.80 Å². The van der Waals surface area contributed by atoms with Crippen LogP contribution in [0.1, 0.15) is 62.8 Å². The molecule has 2 aliphatic heterocycles. The number of pyridine rings is 2. The minimum atomic E-state index is -1.03. The molecular weight excluding hydrogens is 504 g/mol. The summed E-state index contributed by atoms with van der Waals surface area (Å²) in [6.07, 6.45) is 9.93. The maximum Gasteiger partial charge on any atom is 0.252 e. The van der Waals surface area contributed by atoms with Crippen molar-refractivity contribution in [1.82, 2.24) is 14.9 Å². The smallest absolute Gasteiger partial charge is 0.252 e. The molecule has 2 atom stereocenters. The zero-order valence-corrected chi connectivity index (χ0v) is 23.1. The van der Waals surface area contributed by atoms with E-state index in [0.717, 1.165) is 30.4 Å². The van der Waals surface area contributed by atoms with Crippen molar-refractivity contribution in [3.05, 3.63) is 77.7 Å². The van der Waals surface area contributed by atoms with Gasteiger partial charge in [-0.2, -0.15) is 5.26 Å². The normalized spacial score (nSPS) is 17.2. The zero-order valence-electron chi connectivity index (χ0n) is 23.1. The minimum Gasteiger partial charge on any atom is -0.477 e. The van der Waals surface area contributed by atoms with E-state index in [1.54, 1.807) is 30.7 Å². The van der Waals surface area contributed by atoms with Crippen LogP contribution in [-0.2, 0) is 21.4 Å². The molecule has 1 N–H and O–H groups in total. The highest BCUT2D eigenvalue weighted by Gasteiger charge is 2.40. The molecule has 0 saturated carbocycles. The maximum atomic E-state index is 14.3. The maximum absolute atomic E-state index is 14.3. The Morgan fingerprint density at radius 3 is 2.67 bits per heavy atom. The number of likely N-dealkylation sites (tertiary alicyclic amines) is 1. The molecule has 40 heavy (non-hydrogen) atoms. The summed E-state index contributed by atoms with van der Waals surface area (Å²) in [6.45, 7) is 7.50. The van der Waals surface area contributed by atoms with Gasteiger partial charge in [0.15, 0.2) is 6.19 Å². The van der Waals surface area contributed by atoms with Crippen LogP contribution in [0.4, 0.5) is 11.4 Å². The Morgan fingerprint density at radius 2 is 1.98 bits per heavy atom. The van der Waals surface area contributed by atoms with E-state index in [2.05, 4.69) is 42.2 Å². The van der Waals surface area contributed by atoms with Crippen LogP contribution >= 0.6 is 0 Å². The molecule has 1 fully saturated rings. The van der Waals surface area contributed by atoms with Crippen molar-refractivity contribution in [2.45, 2.75) is 64.0 Å². The van der Waals surface area contributed by atoms with Crippen LogP contribution in [-0.4, -0.2) is 45.9 Å². The summed E-state index contributed by atoms with van der Waals surface area (Å²) in [5, 5.41) is 12.7. The van der Waals surface area contributed by atoms with Crippen molar-refractivity contribution in [2.75, 3.05) is 23.4 Å². The first-order chi connectivity index (χ1) is 19.3. The SMILES string of the molecule is CC(C)(C)c1ccc(N(C(=O)C2CCCN2C#N)C(C(=O)Nc2cnc3c(c2)CCCO3)c2cccnc2)cc1. The van der Waals surface area contributed by atoms with E-state index in [-0.39, 0.29) is 11.3 Å². The lowest BCUT2D eigenvalue weighted by atomic mass is 9.87. The van der Waals surface area contributed by atoms with Gasteiger partial charge in [0.05, 0.1) is 18.5 Å². The van der Waals surface area contributed by atoms with Crippen molar-refractivity contribution in [2.24, 2.45) is 0 Å². The lowest BCUT2D eigenvalue weighted by molar-refractivity contribution is -0.126. The summed E-state index contributed by atoms with van der Waals surface area (Å²) in [5.41, 5.74) is 3.61. The highest BCUT2D eigenvalue weighted by molar-refractivity contribution is 6.07. The molecule has 2 amide bonds. The Bertz CT molecular complexity index is 1410. The van der Waals surface area contributed by atoms with Crippen LogP contribution in [0.2, 0.25) is 0 Å². The van der Waals surface area contributed by atoms with Gasteiger partial charge in [0, 0.05) is 35.8 Å². The number of carbonyl (C=O) groups excluding carboxylic acids is 2. The molecule has 1 saturated heterocycles. The lowest BCUT2D eigenvalue weighted by Crippen LogP contribution is -2.49. The molecule has 0 spiro atoms. The Morgan fingerprint density at radius 1 is 1.18 bits per heavy atom. The van der Waals surface area contributed by atoms with Gasteiger partial charge in [0.1, 0.15) is 12.1 Å². The molecule has 1 aromatic carbocycles. The van der Waals surface area contributed by atoms with Gasteiger partial charge in [-0.3, -0.25) is 24.4 Å². The number of aromatic nitrogens is 2. The van der Waals surface area contributed by atoms with Gasteiger partial charge in [0.25, 0.3) is 11.8 Å². The van der Waals surface area contributed by atoms with Crippen molar-refractivity contribution in [3.8, 4) is 12.1 Å². The summed E-state index contributed by atoms with van der Waals surface area (Å²) in [7, 11) is 0. The number of hydrogen-bond donors (Lipinski definition) is 1. The van der Waals surface area contributed by atoms with Crippen molar-refractivity contribution >= 4 is 23.2 Å². The molecule has 2 unspecified atom stereocenters. The number of benzene rings is 1. The predicted octanol–water partition coefficient (Wildman–Crippen LogP) is 4.76. The van der Waals surface area contributed by atoms with Gasteiger partial charge in [0.2, 0.25) is 5.88 Å². The van der Waals surface area contributed by atoms with Crippen LogP contribution < -0.4 is 15.0 Å². The third-order valence-electron chi connectivity index (χ3n) is 7.44. The van der Waals surface area contributed by atoms with Crippen molar-refractivity contribution in [3.63, 3.8) is 0 Å². The molecule has 9 nitrogen and oxygen atoms in total. The minimum absolute atomic E-state index is 0.0836. The number of nitrogens with one attached hydrogen (secondary N) is 1. The molecule has 0 aliphatic carbocycles. The molecule has 2 aromatic heterocycles. The number of ether oxygens (including phenoxy) is 1. The number of nitrogens with zero attached hydrogens (tertiary/aromatic N) is 5. The van der Waals surface area contributed by atoms with Gasteiger partial charge in [-0.1, -0.05) is 39.0 Å². The molecule has 0 bridgehead atoms. The zero-order chi connectivity index (χ0) is 28.3. The molecular formula is C31H34N6O3. The average molecular weight is 539 g/mol. The van der Waals surface area contributed by atoms with E-state index in [0.29, 0.717) is 42.4 Å². The summed E-state index contributed by atoms with van der Waals surface area (Å²) < 4.78 is 5.62. The summed E-state index contributed by atoms with van der Waals surface area (Å²) in [4.78, 5) is 40.1. The number of fused-ring (bicyclic) bond motifs is 1. The Balaban J connectivity index is 1.57. The Hall–Kier alpha value is -4.45. The van der Waals surface area contributed by atoms with Gasteiger partial charge >= 0.3 is 0 Å². The highest BCUT2D eigenvalue weighted by Crippen LogP contribution is 2.34. The van der Waals surface area contributed by atoms with Crippen LogP contribution in [0, 0.1) is 11.5 Å². The second kappa shape index (κ2) is 11.3. The summed E-state index contributed by atoms with van der Waals surface area (Å²) >= 11 is 0. The Labute approximate surface area is 234 Å². The van der Waals surface area contributed by atoms with Gasteiger partial charge in [-0.05, 0) is 60.9 Å². The van der Waals surface area contributed by atoms with Gasteiger partial charge in [-0.15, -0.1) is 0 Å². The lowest BCUT2D eigenvalue weighted by Gasteiger charge is -2.34. The van der Waals surface area contributed by atoms with Crippen molar-refractivity contribution < 1.29 is 14.3 Å². The molecule has 3 aromatic rings. The summed E-state index contributed by atoms with van der Waals surface area (Å²) in [6, 6.07) is 11.4. The topological polar surface area (TPSA) is 111 Å². The van der Waals surface area contributed by atoms with E-state index >= 15 is 0 Å². The number of amides is 2. The monoisotopic (exact) mass is 538 g/mol. The molecule has 0 radical (unpaired) electrons. The fourth-order valence-electron chi connectivity index (χ4n) is 5.30. The van der Waals surface area contributed by atoms with E-state index < -0.39 is 18.0 Å². The molecule has 4 heterocycles. The largest absolute Gasteiger partial charge is 0.477 e. The van der Waals surface area contributed by atoms with Crippen LogP contribution in [0.25, 0.3) is 0 Å². The second-order valence-corrected chi connectivity index (χ2v) is 11.3. The number of hydrogen-bond acceptors (Lipinski definition) is 7. The van der Waals surface area contributed by atoms with Gasteiger partial charge < -0.3 is 10.1 Å². The van der Waals surface area contributed by atoms with Crippen LogP contribution in [0.3, 0.4) is 0 Å². The first kappa shape index (κ1) is 27.1. The van der Waals surface area contributed by atoms with E-state index in [1.807, 2.05) is 30.3 Å². The van der Waals surface area contributed by atoms with Gasteiger partial charge in [-0.25, -0.2) is 4.98 Å². The Kier molecular flexibility index (Phi) is 7.69. The average Bonchev–Trinajstić information content (AvgIpc) is 3.45. The molecule has 2 aliphatic rings. The fourth-order valence-corrected chi connectivity index (χ4v) is 5.30. The number of carbonyl (C=O) groups is 2. The third kappa shape index (κ3) is 5.62. The molecule has 206 valence electrons. The quantitative estimate of drug-likeness (QED) is 0.451. The standard InChI is InChI=1S/C31H34N6O3/c1-31(2,3)23-10-12-25(13-11-23)37(30(39)26-9-5-15-36(26)20-32)27(22-7-4-14-33-18-22)28(38)35-24-17-21-8-6-16-40-29(21)34-19-24/h4,7,10-14,17-19,26-27H,5-6,8-9,15-16H2,1-3H3,(H,35,38). The number of nitriles is 1. The van der Waals surface area contributed by atoms with Crippen LogP contribution in [0.5, 0.6) is 5.88 Å². The first-order valence-corrected chi connectivity index (χ1v) is 13.7. The van der Waals surface area contributed by atoms with Crippen molar-refractivity contribution in [1.29, 1.82) is 5.26 Å². The molecule has 9 heteroatoms. The first-order valence-electron chi connectivity index (χ1n) is 13.7. The highest BCUT2D eigenvalue weighted by atomic mass is 16.5. The third-order valence-corrected chi connectivity index (χ3v) is 7.44.